The lowest BCUT2D eigenvalue weighted by molar-refractivity contribution is -0.136. The van der Waals surface area contributed by atoms with E-state index < -0.39 is 11.9 Å². The third-order valence-electron chi connectivity index (χ3n) is 4.79. The number of hydrogen-bond acceptors (Lipinski definition) is 5. The van der Waals surface area contributed by atoms with Crippen molar-refractivity contribution in [2.45, 2.75) is 12.3 Å². The van der Waals surface area contributed by atoms with Gasteiger partial charge in [0.05, 0.1) is 18.4 Å². The summed E-state index contributed by atoms with van der Waals surface area (Å²) in [6, 6.07) is 12.2. The van der Waals surface area contributed by atoms with Crippen molar-refractivity contribution in [2.24, 2.45) is 0 Å². The number of methoxy groups -OCH3 is 1. The maximum atomic E-state index is 13.0. The molecule has 0 saturated carbocycles. The number of esters is 1. The first kappa shape index (κ1) is 17.6. The Morgan fingerprint density at radius 3 is 2.78 bits per heavy atom. The minimum absolute atomic E-state index is 0.00218. The maximum Gasteiger partial charge on any atom is 0.336 e. The summed E-state index contributed by atoms with van der Waals surface area (Å²) in [5.74, 6) is -0.692. The van der Waals surface area contributed by atoms with E-state index in [-0.39, 0.29) is 24.7 Å². The Kier molecular flexibility index (Phi) is 4.39. The van der Waals surface area contributed by atoms with E-state index >= 15 is 0 Å². The minimum atomic E-state index is -0.444. The first-order chi connectivity index (χ1) is 13.0. The zero-order valence-corrected chi connectivity index (χ0v) is 16.0. The van der Waals surface area contributed by atoms with Gasteiger partial charge in [0.2, 0.25) is 5.91 Å². The molecule has 0 radical (unpaired) electrons. The van der Waals surface area contributed by atoms with E-state index in [9.17, 15) is 14.7 Å². The molecule has 27 heavy (non-hydrogen) atoms. The molecule has 2 aliphatic heterocycles. The average Bonchev–Trinajstić information content (AvgIpc) is 3.03. The van der Waals surface area contributed by atoms with Crippen molar-refractivity contribution in [2.75, 3.05) is 18.6 Å². The van der Waals surface area contributed by atoms with Gasteiger partial charge in [-0.15, -0.1) is 0 Å². The molecule has 2 aromatic rings. The summed E-state index contributed by atoms with van der Waals surface area (Å²) in [5, 5.41) is 9.83. The van der Waals surface area contributed by atoms with Crippen LogP contribution in [-0.4, -0.2) is 30.7 Å². The quantitative estimate of drug-likeness (QED) is 0.755. The zero-order chi connectivity index (χ0) is 19.1. The fraction of sp³-hybridized carbons (Fsp3) is 0.200. The summed E-state index contributed by atoms with van der Waals surface area (Å²) in [6.45, 7) is 0.0537. The molecule has 2 aromatic carbocycles. The highest BCUT2D eigenvalue weighted by Gasteiger charge is 2.43. The van der Waals surface area contributed by atoms with Crippen LogP contribution in [0.4, 0.5) is 5.69 Å². The van der Waals surface area contributed by atoms with Crippen molar-refractivity contribution in [3.63, 3.8) is 0 Å². The van der Waals surface area contributed by atoms with Crippen molar-refractivity contribution in [1.29, 1.82) is 0 Å². The summed E-state index contributed by atoms with van der Waals surface area (Å²) < 4.78 is 11.3. The summed E-state index contributed by atoms with van der Waals surface area (Å²) in [5.41, 5.74) is 2.44. The molecular weight excluding hydrogens is 414 g/mol. The largest absolute Gasteiger partial charge is 0.504 e. The molecule has 0 unspecified atom stereocenters. The molecule has 1 amide bonds. The van der Waals surface area contributed by atoms with Gasteiger partial charge < -0.3 is 14.6 Å². The number of phenolic OH excluding ortho intramolecular Hbond substituents is 1. The Morgan fingerprint density at radius 1 is 1.22 bits per heavy atom. The van der Waals surface area contributed by atoms with Crippen LogP contribution in [0.15, 0.2) is 58.2 Å². The van der Waals surface area contributed by atoms with Gasteiger partial charge in [0.1, 0.15) is 6.61 Å². The lowest BCUT2D eigenvalue weighted by atomic mass is 9.84. The normalized spacial score (nSPS) is 19.2. The number of phenols is 1. The molecular formula is C20H16BrNO5. The number of carbonyl (C=O) groups is 2. The van der Waals surface area contributed by atoms with E-state index in [1.807, 2.05) is 24.3 Å². The summed E-state index contributed by atoms with van der Waals surface area (Å²) in [7, 11) is 1.45. The molecule has 0 bridgehead atoms. The van der Waals surface area contributed by atoms with Gasteiger partial charge in [0.15, 0.2) is 11.5 Å². The van der Waals surface area contributed by atoms with Gasteiger partial charge >= 0.3 is 5.97 Å². The van der Waals surface area contributed by atoms with Gasteiger partial charge in [0.25, 0.3) is 0 Å². The fourth-order valence-electron chi connectivity index (χ4n) is 3.56. The van der Waals surface area contributed by atoms with E-state index in [4.69, 9.17) is 9.47 Å². The minimum Gasteiger partial charge on any atom is -0.504 e. The summed E-state index contributed by atoms with van der Waals surface area (Å²) in [6.07, 6.45) is 0.119. The third kappa shape index (κ3) is 2.98. The first-order valence-corrected chi connectivity index (χ1v) is 9.14. The second kappa shape index (κ2) is 6.74. The molecule has 7 heteroatoms. The van der Waals surface area contributed by atoms with Crippen molar-refractivity contribution >= 4 is 33.5 Å². The molecule has 0 aromatic heterocycles. The molecule has 0 aliphatic carbocycles. The standard InChI is InChI=1S/C20H16BrNO5/c1-26-17-7-11(5-6-16(17)23)14-9-18(24)22(13-4-2-3-12(21)8-13)15-10-27-20(25)19(14)15/h2-8,14,23H,9-10H2,1H3/t14-/m1/s1. The second-order valence-corrected chi connectivity index (χ2v) is 7.25. The number of hydrogen-bond donors (Lipinski definition) is 1. The van der Waals surface area contributed by atoms with Gasteiger partial charge in [-0.3, -0.25) is 9.69 Å². The van der Waals surface area contributed by atoms with Crippen LogP contribution in [0.3, 0.4) is 0 Å². The second-order valence-electron chi connectivity index (χ2n) is 6.33. The number of cyclic esters (lactones) is 1. The van der Waals surface area contributed by atoms with Gasteiger partial charge in [-0.2, -0.15) is 0 Å². The van der Waals surface area contributed by atoms with Crippen LogP contribution in [0, 0.1) is 0 Å². The Balaban J connectivity index is 1.83. The topological polar surface area (TPSA) is 76.1 Å². The van der Waals surface area contributed by atoms with Gasteiger partial charge in [-0.25, -0.2) is 4.79 Å². The Hall–Kier alpha value is -2.80. The SMILES string of the molecule is COc1cc([C@H]2CC(=O)N(c3cccc(Br)c3)C3=C2C(=O)OC3)ccc1O. The predicted octanol–water partition coefficient (Wildman–Crippen LogP) is 3.49. The molecule has 2 aliphatic rings. The van der Waals surface area contributed by atoms with E-state index in [0.29, 0.717) is 22.7 Å². The number of halogens is 1. The van der Waals surface area contributed by atoms with Crippen LogP contribution in [0.2, 0.25) is 0 Å². The number of ether oxygens (including phenoxy) is 2. The van der Waals surface area contributed by atoms with Crippen LogP contribution in [-0.2, 0) is 14.3 Å². The predicted molar refractivity (Wildman–Crippen MR) is 102 cm³/mol. The number of anilines is 1. The van der Waals surface area contributed by atoms with Gasteiger partial charge in [-0.05, 0) is 35.9 Å². The molecule has 0 spiro atoms. The average molecular weight is 430 g/mol. The Morgan fingerprint density at radius 2 is 2.04 bits per heavy atom. The van der Waals surface area contributed by atoms with Crippen molar-refractivity contribution < 1.29 is 24.2 Å². The van der Waals surface area contributed by atoms with E-state index in [1.54, 1.807) is 17.0 Å². The van der Waals surface area contributed by atoms with Crippen LogP contribution in [0.1, 0.15) is 17.9 Å². The highest BCUT2D eigenvalue weighted by atomic mass is 79.9. The molecule has 138 valence electrons. The highest BCUT2D eigenvalue weighted by molar-refractivity contribution is 9.10. The van der Waals surface area contributed by atoms with Crippen molar-refractivity contribution in [1.82, 2.24) is 0 Å². The van der Waals surface area contributed by atoms with Crippen LogP contribution in [0.25, 0.3) is 0 Å². The van der Waals surface area contributed by atoms with Crippen LogP contribution in [0.5, 0.6) is 11.5 Å². The third-order valence-corrected chi connectivity index (χ3v) is 5.28. The molecule has 2 heterocycles. The number of aromatic hydroxyl groups is 1. The lowest BCUT2D eigenvalue weighted by Gasteiger charge is -2.32. The molecule has 4 rings (SSSR count). The van der Waals surface area contributed by atoms with Crippen LogP contribution < -0.4 is 9.64 Å². The zero-order valence-electron chi connectivity index (χ0n) is 14.4. The Bertz CT molecular complexity index is 984. The molecule has 6 nitrogen and oxygen atoms in total. The molecule has 1 N–H and O–H groups in total. The van der Waals surface area contributed by atoms with Crippen molar-refractivity contribution in [3.8, 4) is 11.5 Å². The van der Waals surface area contributed by atoms with E-state index in [0.717, 1.165) is 10.0 Å². The van der Waals surface area contributed by atoms with Crippen molar-refractivity contribution in [3.05, 3.63) is 63.8 Å². The number of amides is 1. The van der Waals surface area contributed by atoms with Gasteiger partial charge in [0, 0.05) is 22.5 Å². The first-order valence-electron chi connectivity index (χ1n) is 8.35. The molecule has 0 saturated heterocycles. The van der Waals surface area contributed by atoms with Gasteiger partial charge in [-0.1, -0.05) is 28.1 Å². The van der Waals surface area contributed by atoms with E-state index in [2.05, 4.69) is 15.9 Å². The molecule has 0 fully saturated rings. The molecule has 1 atom stereocenters. The number of carbonyl (C=O) groups excluding carboxylic acids is 2. The fourth-order valence-corrected chi connectivity index (χ4v) is 3.95. The summed E-state index contributed by atoms with van der Waals surface area (Å²) in [4.78, 5) is 27.0. The number of rotatable bonds is 3. The summed E-state index contributed by atoms with van der Waals surface area (Å²) >= 11 is 3.41. The highest BCUT2D eigenvalue weighted by Crippen LogP contribution is 2.43. The lowest BCUT2D eigenvalue weighted by Crippen LogP contribution is -2.37. The van der Waals surface area contributed by atoms with Crippen LogP contribution >= 0.6 is 15.9 Å². The number of nitrogens with zero attached hydrogens (tertiary/aromatic N) is 1. The Labute approximate surface area is 164 Å². The van der Waals surface area contributed by atoms with E-state index in [1.165, 1.54) is 13.2 Å². The number of benzene rings is 2. The smallest absolute Gasteiger partial charge is 0.336 e. The maximum absolute atomic E-state index is 13.0. The monoisotopic (exact) mass is 429 g/mol.